The summed E-state index contributed by atoms with van der Waals surface area (Å²) in [7, 11) is 0. The Morgan fingerprint density at radius 1 is 1.04 bits per heavy atom. The van der Waals surface area contributed by atoms with Crippen molar-refractivity contribution in [3.05, 3.63) is 65.7 Å². The molecule has 3 aromatic rings. The van der Waals surface area contributed by atoms with Crippen LogP contribution in [0.25, 0.3) is 11.4 Å². The quantitative estimate of drug-likeness (QED) is 0.716. The van der Waals surface area contributed by atoms with Crippen molar-refractivity contribution in [2.24, 2.45) is 0 Å². The topological polar surface area (TPSA) is 82.4 Å². The van der Waals surface area contributed by atoms with E-state index in [-0.39, 0.29) is 11.5 Å². The molecular weight excluding hydrogens is 316 g/mol. The summed E-state index contributed by atoms with van der Waals surface area (Å²) in [6.45, 7) is 2.37. The average molecular weight is 334 g/mol. The van der Waals surface area contributed by atoms with Crippen LogP contribution < -0.4 is 0 Å². The molecule has 2 aromatic heterocycles. The molecule has 1 aliphatic heterocycles. The van der Waals surface area contributed by atoms with Gasteiger partial charge in [-0.1, -0.05) is 6.07 Å². The van der Waals surface area contributed by atoms with Gasteiger partial charge in [0.05, 0.1) is 5.69 Å². The number of phenols is 2. The third kappa shape index (κ3) is 3.29. The minimum absolute atomic E-state index is 0.0831. The van der Waals surface area contributed by atoms with Crippen LogP contribution in [-0.4, -0.2) is 36.6 Å². The maximum atomic E-state index is 9.63. The highest BCUT2D eigenvalue weighted by atomic mass is 16.3. The maximum absolute atomic E-state index is 9.63. The molecule has 126 valence electrons. The Balaban J connectivity index is 1.51. The van der Waals surface area contributed by atoms with Crippen LogP contribution in [0.4, 0.5) is 0 Å². The summed E-state index contributed by atoms with van der Waals surface area (Å²) in [5.74, 6) is 0.558. The molecule has 0 atom stereocenters. The van der Waals surface area contributed by atoms with E-state index in [2.05, 4.69) is 14.9 Å². The lowest BCUT2D eigenvalue weighted by Gasteiger charge is -2.28. The average Bonchev–Trinajstić information content (AvgIpc) is 2.65. The van der Waals surface area contributed by atoms with E-state index in [1.54, 1.807) is 18.5 Å². The van der Waals surface area contributed by atoms with E-state index in [0.29, 0.717) is 6.54 Å². The van der Waals surface area contributed by atoms with Gasteiger partial charge in [0.25, 0.3) is 0 Å². The van der Waals surface area contributed by atoms with Gasteiger partial charge in [0.15, 0.2) is 17.3 Å². The van der Waals surface area contributed by atoms with Gasteiger partial charge in [-0.3, -0.25) is 9.88 Å². The summed E-state index contributed by atoms with van der Waals surface area (Å²) in [5.41, 5.74) is 4.16. The number of nitrogens with zero attached hydrogens (tertiary/aromatic N) is 4. The first-order valence-electron chi connectivity index (χ1n) is 8.17. The molecule has 0 spiro atoms. The number of pyridine rings is 1. The van der Waals surface area contributed by atoms with Crippen molar-refractivity contribution < 1.29 is 10.2 Å². The molecule has 25 heavy (non-hydrogen) atoms. The third-order valence-electron chi connectivity index (χ3n) is 4.40. The van der Waals surface area contributed by atoms with Gasteiger partial charge in [-0.05, 0) is 29.8 Å². The minimum Gasteiger partial charge on any atom is -0.504 e. The van der Waals surface area contributed by atoms with Gasteiger partial charge >= 0.3 is 0 Å². The molecule has 3 heterocycles. The number of rotatable bonds is 3. The van der Waals surface area contributed by atoms with Crippen molar-refractivity contribution in [2.45, 2.75) is 19.5 Å². The maximum Gasteiger partial charge on any atom is 0.159 e. The van der Waals surface area contributed by atoms with Crippen molar-refractivity contribution in [3.63, 3.8) is 0 Å². The summed E-state index contributed by atoms with van der Waals surface area (Å²) in [4.78, 5) is 15.5. The summed E-state index contributed by atoms with van der Waals surface area (Å²) < 4.78 is 0. The summed E-state index contributed by atoms with van der Waals surface area (Å²) in [6.07, 6.45) is 6.25. The molecule has 0 amide bonds. The van der Waals surface area contributed by atoms with Crippen LogP contribution in [-0.2, 0) is 19.5 Å². The third-order valence-corrected chi connectivity index (χ3v) is 4.40. The van der Waals surface area contributed by atoms with Crippen molar-refractivity contribution in [1.82, 2.24) is 19.9 Å². The lowest BCUT2D eigenvalue weighted by molar-refractivity contribution is 0.242. The molecule has 6 heteroatoms. The minimum atomic E-state index is -0.0928. The first kappa shape index (κ1) is 15.5. The Labute approximate surface area is 145 Å². The molecular formula is C19H18N4O2. The van der Waals surface area contributed by atoms with Gasteiger partial charge in [0.1, 0.15) is 0 Å². The molecule has 0 unspecified atom stereocenters. The number of aromatic hydroxyl groups is 2. The van der Waals surface area contributed by atoms with Crippen molar-refractivity contribution in [3.8, 4) is 22.9 Å². The molecule has 0 saturated carbocycles. The van der Waals surface area contributed by atoms with E-state index < -0.39 is 0 Å². The van der Waals surface area contributed by atoms with Crippen LogP contribution in [0.2, 0.25) is 0 Å². The molecule has 0 bridgehead atoms. The zero-order valence-electron chi connectivity index (χ0n) is 13.6. The standard InChI is InChI=1S/C19H18N4O2/c24-17-2-1-13(9-18(17)25)11-23-8-5-16-15(12-23)10-21-19(22-16)14-3-6-20-7-4-14/h1-4,6-7,9-10,24-25H,5,8,11-12H2. The van der Waals surface area contributed by atoms with Crippen LogP contribution in [0.5, 0.6) is 11.5 Å². The lowest BCUT2D eigenvalue weighted by atomic mass is 10.1. The number of benzene rings is 1. The first-order chi connectivity index (χ1) is 12.2. The predicted octanol–water partition coefficient (Wildman–Crippen LogP) is 2.51. The number of hydrogen-bond donors (Lipinski definition) is 2. The fourth-order valence-corrected chi connectivity index (χ4v) is 3.08. The smallest absolute Gasteiger partial charge is 0.159 e. The highest BCUT2D eigenvalue weighted by Gasteiger charge is 2.19. The number of aromatic nitrogens is 3. The second kappa shape index (κ2) is 6.49. The van der Waals surface area contributed by atoms with Crippen LogP contribution in [0.1, 0.15) is 16.8 Å². The van der Waals surface area contributed by atoms with Crippen molar-refractivity contribution >= 4 is 0 Å². The fourth-order valence-electron chi connectivity index (χ4n) is 3.08. The van der Waals surface area contributed by atoms with Crippen LogP contribution in [0.3, 0.4) is 0 Å². The predicted molar refractivity (Wildman–Crippen MR) is 92.9 cm³/mol. The van der Waals surface area contributed by atoms with Crippen LogP contribution in [0, 0.1) is 0 Å². The lowest BCUT2D eigenvalue weighted by Crippen LogP contribution is -2.30. The molecule has 6 nitrogen and oxygen atoms in total. The van der Waals surface area contributed by atoms with Gasteiger partial charge in [0, 0.05) is 55.8 Å². The summed E-state index contributed by atoms with van der Waals surface area (Å²) in [5, 5.41) is 19.0. The highest BCUT2D eigenvalue weighted by molar-refractivity contribution is 5.54. The first-order valence-corrected chi connectivity index (χ1v) is 8.17. The van der Waals surface area contributed by atoms with Crippen molar-refractivity contribution in [2.75, 3.05) is 6.54 Å². The molecule has 0 aliphatic carbocycles. The molecule has 2 N–H and O–H groups in total. The van der Waals surface area contributed by atoms with E-state index in [1.807, 2.05) is 24.4 Å². The van der Waals surface area contributed by atoms with Crippen molar-refractivity contribution in [1.29, 1.82) is 0 Å². The number of fused-ring (bicyclic) bond motifs is 1. The van der Waals surface area contributed by atoms with E-state index in [0.717, 1.165) is 47.7 Å². The summed E-state index contributed by atoms with van der Waals surface area (Å²) in [6, 6.07) is 8.77. The fraction of sp³-hybridized carbons (Fsp3) is 0.211. The molecule has 4 rings (SSSR count). The van der Waals surface area contributed by atoms with E-state index in [4.69, 9.17) is 4.98 Å². The zero-order chi connectivity index (χ0) is 17.2. The molecule has 1 aromatic carbocycles. The monoisotopic (exact) mass is 334 g/mol. The second-order valence-electron chi connectivity index (χ2n) is 6.19. The van der Waals surface area contributed by atoms with Gasteiger partial charge in [-0.2, -0.15) is 0 Å². The zero-order valence-corrected chi connectivity index (χ0v) is 13.6. The normalized spacial score (nSPS) is 14.2. The second-order valence-corrected chi connectivity index (χ2v) is 6.19. The van der Waals surface area contributed by atoms with Gasteiger partial charge in [-0.15, -0.1) is 0 Å². The van der Waals surface area contributed by atoms with Crippen LogP contribution in [0.15, 0.2) is 48.9 Å². The van der Waals surface area contributed by atoms with Crippen LogP contribution >= 0.6 is 0 Å². The van der Waals surface area contributed by atoms with Gasteiger partial charge in [0.2, 0.25) is 0 Å². The van der Waals surface area contributed by atoms with Gasteiger partial charge < -0.3 is 10.2 Å². The Morgan fingerprint density at radius 3 is 2.68 bits per heavy atom. The Morgan fingerprint density at radius 2 is 1.88 bits per heavy atom. The molecule has 0 radical (unpaired) electrons. The summed E-state index contributed by atoms with van der Waals surface area (Å²) >= 11 is 0. The van der Waals surface area contributed by atoms with Gasteiger partial charge in [-0.25, -0.2) is 9.97 Å². The molecule has 0 fully saturated rings. The Hall–Kier alpha value is -2.99. The highest BCUT2D eigenvalue weighted by Crippen LogP contribution is 2.27. The SMILES string of the molecule is Oc1ccc(CN2CCc3nc(-c4ccncc4)ncc3C2)cc1O. The van der Waals surface area contributed by atoms with E-state index >= 15 is 0 Å². The Bertz CT molecular complexity index is 899. The number of phenolic OH excluding ortho intramolecular Hbond substituents is 2. The largest absolute Gasteiger partial charge is 0.504 e. The molecule has 0 saturated heterocycles. The van der Waals surface area contributed by atoms with E-state index in [1.165, 1.54) is 6.07 Å². The number of hydrogen-bond acceptors (Lipinski definition) is 6. The Kier molecular flexibility index (Phi) is 4.03. The molecule has 1 aliphatic rings. The van der Waals surface area contributed by atoms with E-state index in [9.17, 15) is 10.2 Å².